The van der Waals surface area contributed by atoms with E-state index in [9.17, 15) is 4.39 Å². The molecular formula is C12H16FIN2O. The van der Waals surface area contributed by atoms with Crippen molar-refractivity contribution in [3.63, 3.8) is 0 Å². The van der Waals surface area contributed by atoms with E-state index in [1.165, 1.54) is 6.07 Å². The Hall–Kier alpha value is -0.560. The number of nitrogen functional groups attached to an aromatic ring is 1. The second-order valence-corrected chi connectivity index (χ2v) is 5.57. The van der Waals surface area contributed by atoms with Crippen molar-refractivity contribution >= 4 is 34.0 Å². The number of hydrogen-bond acceptors (Lipinski definition) is 3. The molecule has 5 heteroatoms. The number of nitrogens with two attached hydrogens (primary N) is 1. The van der Waals surface area contributed by atoms with E-state index >= 15 is 0 Å². The minimum Gasteiger partial charge on any atom is -0.397 e. The van der Waals surface area contributed by atoms with Crippen LogP contribution in [0, 0.1) is 15.3 Å². The van der Waals surface area contributed by atoms with Crippen molar-refractivity contribution < 1.29 is 9.13 Å². The summed E-state index contributed by atoms with van der Waals surface area (Å²) in [5, 5.41) is 3.27. The molecule has 2 atom stereocenters. The van der Waals surface area contributed by atoms with Crippen molar-refractivity contribution in [3.8, 4) is 0 Å². The smallest absolute Gasteiger partial charge is 0.138 e. The zero-order valence-corrected chi connectivity index (χ0v) is 11.8. The van der Waals surface area contributed by atoms with Gasteiger partial charge < -0.3 is 15.8 Å². The number of halogens is 2. The summed E-state index contributed by atoms with van der Waals surface area (Å²) in [5.74, 6) is 0.230. The van der Waals surface area contributed by atoms with E-state index in [1.54, 1.807) is 6.07 Å². The van der Waals surface area contributed by atoms with Gasteiger partial charge in [0.25, 0.3) is 0 Å². The van der Waals surface area contributed by atoms with Gasteiger partial charge in [-0.25, -0.2) is 4.39 Å². The number of hydrogen-bond donors (Lipinski definition) is 2. The maximum atomic E-state index is 13.5. The Morgan fingerprint density at radius 3 is 3.00 bits per heavy atom. The van der Waals surface area contributed by atoms with Gasteiger partial charge in [0.2, 0.25) is 0 Å². The van der Waals surface area contributed by atoms with Gasteiger partial charge >= 0.3 is 0 Å². The van der Waals surface area contributed by atoms with Crippen LogP contribution in [0.4, 0.5) is 15.8 Å². The minimum absolute atomic E-state index is 0.235. The molecule has 2 unspecified atom stereocenters. The monoisotopic (exact) mass is 350 g/mol. The fourth-order valence-electron chi connectivity index (χ4n) is 2.00. The highest BCUT2D eigenvalue weighted by molar-refractivity contribution is 14.1. The van der Waals surface area contributed by atoms with Gasteiger partial charge in [0, 0.05) is 24.6 Å². The van der Waals surface area contributed by atoms with Crippen molar-refractivity contribution in [2.45, 2.75) is 19.4 Å². The predicted octanol–water partition coefficient (Wildman–Crippen LogP) is 2.85. The summed E-state index contributed by atoms with van der Waals surface area (Å²) < 4.78 is 19.3. The largest absolute Gasteiger partial charge is 0.397 e. The van der Waals surface area contributed by atoms with Gasteiger partial charge in [-0.3, -0.25) is 0 Å². The summed E-state index contributed by atoms with van der Waals surface area (Å²) in [6.07, 6.45) is 1.04. The first-order valence-electron chi connectivity index (χ1n) is 5.66. The Kier molecular flexibility index (Phi) is 4.09. The molecule has 1 heterocycles. The summed E-state index contributed by atoms with van der Waals surface area (Å²) in [6.45, 7) is 3.66. The molecule has 1 aromatic rings. The quantitative estimate of drug-likeness (QED) is 0.651. The average Bonchev–Trinajstić information content (AvgIpc) is 2.79. The fraction of sp³-hybridized carbons (Fsp3) is 0.500. The van der Waals surface area contributed by atoms with Crippen LogP contribution in [0.5, 0.6) is 0 Å². The van der Waals surface area contributed by atoms with Crippen LogP contribution < -0.4 is 11.1 Å². The van der Waals surface area contributed by atoms with Crippen molar-refractivity contribution in [3.05, 3.63) is 21.5 Å². The summed E-state index contributed by atoms with van der Waals surface area (Å²) in [5.41, 5.74) is 7.13. The van der Waals surface area contributed by atoms with Gasteiger partial charge in [-0.1, -0.05) is 0 Å². The second kappa shape index (κ2) is 5.39. The number of nitrogens with one attached hydrogen (secondary N) is 1. The highest BCUT2D eigenvalue weighted by atomic mass is 127. The SMILES string of the molecule is CC(Nc1cc(F)c(I)cc1N)C1CCOC1. The first-order chi connectivity index (χ1) is 8.08. The average molecular weight is 350 g/mol. The molecule has 0 saturated carbocycles. The Morgan fingerprint density at radius 2 is 2.35 bits per heavy atom. The molecule has 3 nitrogen and oxygen atoms in total. The van der Waals surface area contributed by atoms with Gasteiger partial charge in [-0.05, 0) is 42.0 Å². The summed E-state index contributed by atoms with van der Waals surface area (Å²) in [4.78, 5) is 0. The normalized spacial score (nSPS) is 21.5. The van der Waals surface area contributed by atoms with Crippen molar-refractivity contribution in [2.75, 3.05) is 24.3 Å². The zero-order chi connectivity index (χ0) is 12.4. The number of benzene rings is 1. The lowest BCUT2D eigenvalue weighted by atomic mass is 10.0. The van der Waals surface area contributed by atoms with Gasteiger partial charge in [0.05, 0.1) is 21.6 Å². The molecule has 1 aliphatic heterocycles. The van der Waals surface area contributed by atoms with E-state index < -0.39 is 0 Å². The van der Waals surface area contributed by atoms with Crippen LogP contribution in [0.3, 0.4) is 0 Å². The Labute approximate surface area is 114 Å². The lowest BCUT2D eigenvalue weighted by Gasteiger charge is -2.21. The molecular weight excluding hydrogens is 334 g/mol. The standard InChI is InChI=1S/C12H16FIN2O/c1-7(8-2-3-17-6-8)16-12-4-9(13)10(14)5-11(12)15/h4-5,7-8,16H,2-3,6,15H2,1H3. The number of ether oxygens (including phenoxy) is 1. The van der Waals surface area contributed by atoms with Gasteiger partial charge in [-0.2, -0.15) is 0 Å². The van der Waals surface area contributed by atoms with E-state index in [0.29, 0.717) is 20.9 Å². The van der Waals surface area contributed by atoms with Crippen molar-refractivity contribution in [1.29, 1.82) is 0 Å². The molecule has 0 aromatic heterocycles. The molecule has 94 valence electrons. The molecule has 0 amide bonds. The lowest BCUT2D eigenvalue weighted by Crippen LogP contribution is -2.26. The first-order valence-corrected chi connectivity index (χ1v) is 6.74. The maximum absolute atomic E-state index is 13.5. The van der Waals surface area contributed by atoms with E-state index in [4.69, 9.17) is 10.5 Å². The second-order valence-electron chi connectivity index (χ2n) is 4.41. The predicted molar refractivity (Wildman–Crippen MR) is 75.5 cm³/mol. The molecule has 1 fully saturated rings. The van der Waals surface area contributed by atoms with Gasteiger partial charge in [0.15, 0.2) is 0 Å². The minimum atomic E-state index is -0.239. The van der Waals surface area contributed by atoms with Crippen LogP contribution in [0.1, 0.15) is 13.3 Å². The molecule has 1 aliphatic rings. The number of anilines is 2. The highest BCUT2D eigenvalue weighted by Gasteiger charge is 2.22. The lowest BCUT2D eigenvalue weighted by molar-refractivity contribution is 0.183. The van der Waals surface area contributed by atoms with Gasteiger partial charge in [0.1, 0.15) is 5.82 Å². The molecule has 0 bridgehead atoms. The third-order valence-electron chi connectivity index (χ3n) is 3.15. The van der Waals surface area contributed by atoms with Crippen LogP contribution >= 0.6 is 22.6 Å². The van der Waals surface area contributed by atoms with E-state index in [-0.39, 0.29) is 11.9 Å². The molecule has 0 radical (unpaired) electrons. The van der Waals surface area contributed by atoms with Crippen LogP contribution in [0.15, 0.2) is 12.1 Å². The van der Waals surface area contributed by atoms with Crippen LogP contribution in [-0.2, 0) is 4.74 Å². The van der Waals surface area contributed by atoms with Crippen LogP contribution in [0.2, 0.25) is 0 Å². The van der Waals surface area contributed by atoms with E-state index in [1.807, 2.05) is 22.6 Å². The summed E-state index contributed by atoms with van der Waals surface area (Å²) in [7, 11) is 0. The molecule has 17 heavy (non-hydrogen) atoms. The van der Waals surface area contributed by atoms with E-state index in [2.05, 4.69) is 12.2 Å². The maximum Gasteiger partial charge on any atom is 0.138 e. The van der Waals surface area contributed by atoms with Crippen molar-refractivity contribution in [2.24, 2.45) is 5.92 Å². The molecule has 0 spiro atoms. The molecule has 0 aliphatic carbocycles. The number of rotatable bonds is 3. The Morgan fingerprint density at radius 1 is 1.59 bits per heavy atom. The first kappa shape index (κ1) is 12.9. The highest BCUT2D eigenvalue weighted by Crippen LogP contribution is 2.27. The Balaban J connectivity index is 2.09. The summed E-state index contributed by atoms with van der Waals surface area (Å²) in [6, 6.07) is 3.35. The van der Waals surface area contributed by atoms with E-state index in [0.717, 1.165) is 19.6 Å². The third-order valence-corrected chi connectivity index (χ3v) is 3.97. The molecule has 2 rings (SSSR count). The topological polar surface area (TPSA) is 47.3 Å². The Bertz CT molecular complexity index is 408. The molecule has 3 N–H and O–H groups in total. The van der Waals surface area contributed by atoms with Gasteiger partial charge in [-0.15, -0.1) is 0 Å². The van der Waals surface area contributed by atoms with Crippen LogP contribution in [0.25, 0.3) is 0 Å². The molecule has 1 saturated heterocycles. The zero-order valence-electron chi connectivity index (χ0n) is 9.67. The summed E-state index contributed by atoms with van der Waals surface area (Å²) >= 11 is 1.94. The molecule has 1 aromatic carbocycles. The van der Waals surface area contributed by atoms with Crippen LogP contribution in [-0.4, -0.2) is 19.3 Å². The fourth-order valence-corrected chi connectivity index (χ4v) is 2.49. The third kappa shape index (κ3) is 3.01. The van der Waals surface area contributed by atoms with Crippen molar-refractivity contribution in [1.82, 2.24) is 0 Å².